The number of thiazole rings is 1. The van der Waals surface area contributed by atoms with E-state index in [0.717, 1.165) is 4.70 Å². The first-order valence-corrected chi connectivity index (χ1v) is 13.3. The summed E-state index contributed by atoms with van der Waals surface area (Å²) in [7, 11) is 0. The van der Waals surface area contributed by atoms with Gasteiger partial charge in [0.1, 0.15) is 28.2 Å². The maximum Gasteiger partial charge on any atom is 0.573 e. The molecule has 0 radical (unpaired) electrons. The van der Waals surface area contributed by atoms with E-state index in [2.05, 4.69) is 35.3 Å². The molecule has 9 nitrogen and oxygen atoms in total. The summed E-state index contributed by atoms with van der Waals surface area (Å²) in [5, 5.41) is 27.4. The average Bonchev–Trinajstić information content (AvgIpc) is 3.44. The molecule has 1 aliphatic rings. The molecule has 1 aromatic carbocycles. The molecule has 1 unspecified atom stereocenters. The molecule has 1 fully saturated rings. The first-order valence-electron chi connectivity index (χ1n) is 12.5. The van der Waals surface area contributed by atoms with Crippen molar-refractivity contribution >= 4 is 33.3 Å². The average molecular weight is 597 g/mol. The summed E-state index contributed by atoms with van der Waals surface area (Å²) in [4.78, 5) is 17.8. The topological polar surface area (TPSA) is 125 Å². The quantitative estimate of drug-likeness (QED) is 0.200. The number of ether oxygens (including phenoxy) is 1. The van der Waals surface area contributed by atoms with Crippen molar-refractivity contribution in [3.63, 3.8) is 0 Å². The zero-order chi connectivity index (χ0) is 29.5. The molecule has 3 aromatic heterocycles. The summed E-state index contributed by atoms with van der Waals surface area (Å²) in [5.74, 6) is -1.43. The van der Waals surface area contributed by atoms with Crippen molar-refractivity contribution in [2.45, 2.75) is 57.3 Å². The molecule has 0 spiro atoms. The molecule has 0 amide bonds. The molecule has 15 heteroatoms. The van der Waals surface area contributed by atoms with Crippen LogP contribution in [0.2, 0.25) is 0 Å². The number of aromatic nitrogens is 4. The standard InChI is InChI=1S/C26H25F5N6O3S/c1-11(13-3-5-14(6-4-13)40-26(29,30)31)33-25-34-12(2)19(24-36-17-10-32-8-7-18(17)41-24)23(37-25)35-16-9-15(22(27)28)20(38)21(16)39/h3-8,10-11,15-16,20-22,38-39H,9H2,1-2H3,(H2,33,34,35,37)/t11-,15?,16-,20-,21+/m1/s1. The van der Waals surface area contributed by atoms with E-state index in [1.54, 1.807) is 32.3 Å². The van der Waals surface area contributed by atoms with Crippen LogP contribution in [0.15, 0.2) is 42.7 Å². The van der Waals surface area contributed by atoms with Crippen LogP contribution in [-0.4, -0.2) is 61.2 Å². The number of nitrogens with one attached hydrogen (secondary N) is 2. The molecular weight excluding hydrogens is 571 g/mol. The van der Waals surface area contributed by atoms with Gasteiger partial charge in [-0.1, -0.05) is 12.1 Å². The van der Waals surface area contributed by atoms with Crippen LogP contribution in [0.4, 0.5) is 33.7 Å². The molecule has 4 aromatic rings. The van der Waals surface area contributed by atoms with E-state index in [4.69, 9.17) is 0 Å². The normalized spacial score (nSPS) is 21.8. The minimum Gasteiger partial charge on any atom is -0.406 e. The maximum absolute atomic E-state index is 13.5. The number of pyridine rings is 1. The van der Waals surface area contributed by atoms with Crippen LogP contribution in [0, 0.1) is 12.8 Å². The van der Waals surface area contributed by atoms with Crippen molar-refractivity contribution < 1.29 is 36.9 Å². The summed E-state index contributed by atoms with van der Waals surface area (Å²) < 4.78 is 69.2. The molecule has 0 bridgehead atoms. The van der Waals surface area contributed by atoms with E-state index in [0.29, 0.717) is 27.3 Å². The fourth-order valence-electron chi connectivity index (χ4n) is 4.76. The van der Waals surface area contributed by atoms with E-state index in [-0.39, 0.29) is 23.9 Å². The Balaban J connectivity index is 1.47. The molecular formula is C26H25F5N6O3S. The van der Waals surface area contributed by atoms with Crippen molar-refractivity contribution in [3.05, 3.63) is 54.0 Å². The number of hydrogen-bond acceptors (Lipinski definition) is 10. The molecule has 218 valence electrons. The first-order chi connectivity index (χ1) is 19.4. The monoisotopic (exact) mass is 596 g/mol. The van der Waals surface area contributed by atoms with Gasteiger partial charge >= 0.3 is 6.36 Å². The molecule has 3 heterocycles. The van der Waals surface area contributed by atoms with Gasteiger partial charge < -0.3 is 25.6 Å². The fraction of sp³-hybridized carbons (Fsp3) is 0.385. The zero-order valence-corrected chi connectivity index (χ0v) is 22.4. The summed E-state index contributed by atoms with van der Waals surface area (Å²) >= 11 is 1.35. The summed E-state index contributed by atoms with van der Waals surface area (Å²) in [5.41, 5.74) is 2.23. The summed E-state index contributed by atoms with van der Waals surface area (Å²) in [6.45, 7) is 3.47. The molecule has 4 N–H and O–H groups in total. The Labute approximate surface area is 234 Å². The number of fused-ring (bicyclic) bond motifs is 1. The van der Waals surface area contributed by atoms with Gasteiger partial charge in [-0.2, -0.15) is 4.98 Å². The minimum atomic E-state index is -4.81. The number of aryl methyl sites for hydroxylation is 1. The number of aliphatic hydroxyl groups excluding tert-OH is 2. The Hall–Kier alpha value is -3.69. The van der Waals surface area contributed by atoms with Crippen LogP contribution >= 0.6 is 11.3 Å². The number of rotatable bonds is 8. The zero-order valence-electron chi connectivity index (χ0n) is 21.6. The van der Waals surface area contributed by atoms with E-state index in [1.807, 2.05) is 0 Å². The molecule has 0 aliphatic heterocycles. The number of halogens is 5. The second kappa shape index (κ2) is 11.3. The van der Waals surface area contributed by atoms with Crippen molar-refractivity contribution in [3.8, 4) is 16.3 Å². The van der Waals surface area contributed by atoms with Crippen LogP contribution in [0.1, 0.15) is 30.6 Å². The van der Waals surface area contributed by atoms with Crippen LogP contribution in [0.25, 0.3) is 20.8 Å². The second-order valence-corrected chi connectivity index (χ2v) is 10.7. The van der Waals surface area contributed by atoms with Gasteiger partial charge in [0.05, 0.1) is 46.3 Å². The van der Waals surface area contributed by atoms with E-state index in [9.17, 15) is 32.2 Å². The van der Waals surface area contributed by atoms with Crippen molar-refractivity contribution in [1.29, 1.82) is 0 Å². The number of alkyl halides is 5. The SMILES string of the molecule is Cc1nc(N[C@H](C)c2ccc(OC(F)(F)F)cc2)nc(N[C@@H]2CC(C(F)F)[C@@H](O)[C@H]2O)c1-c1nc2cnccc2s1. The largest absolute Gasteiger partial charge is 0.573 e. The highest BCUT2D eigenvalue weighted by Gasteiger charge is 2.46. The second-order valence-electron chi connectivity index (χ2n) is 9.67. The van der Waals surface area contributed by atoms with Gasteiger partial charge in [-0.3, -0.25) is 4.98 Å². The smallest absolute Gasteiger partial charge is 0.406 e. The molecule has 5 rings (SSSR count). The van der Waals surface area contributed by atoms with Crippen LogP contribution < -0.4 is 15.4 Å². The van der Waals surface area contributed by atoms with Gasteiger partial charge in [-0.25, -0.2) is 18.7 Å². The highest BCUT2D eigenvalue weighted by Crippen LogP contribution is 2.39. The lowest BCUT2D eigenvalue weighted by Gasteiger charge is -2.22. The third-order valence-corrected chi connectivity index (χ3v) is 7.88. The number of anilines is 2. The van der Waals surface area contributed by atoms with E-state index >= 15 is 0 Å². The van der Waals surface area contributed by atoms with Crippen LogP contribution in [0.5, 0.6) is 5.75 Å². The van der Waals surface area contributed by atoms with Crippen LogP contribution in [0.3, 0.4) is 0 Å². The molecule has 5 atom stereocenters. The number of aliphatic hydroxyl groups is 2. The Morgan fingerprint density at radius 3 is 2.41 bits per heavy atom. The Bertz CT molecular complexity index is 1490. The highest BCUT2D eigenvalue weighted by atomic mass is 32.1. The Morgan fingerprint density at radius 1 is 1.05 bits per heavy atom. The van der Waals surface area contributed by atoms with Gasteiger partial charge in [-0.15, -0.1) is 24.5 Å². The van der Waals surface area contributed by atoms with Gasteiger partial charge in [0.15, 0.2) is 0 Å². The van der Waals surface area contributed by atoms with Crippen molar-refractivity contribution in [1.82, 2.24) is 19.9 Å². The lowest BCUT2D eigenvalue weighted by atomic mass is 10.1. The predicted octanol–water partition coefficient (Wildman–Crippen LogP) is 5.32. The molecule has 1 aliphatic carbocycles. The minimum absolute atomic E-state index is 0.137. The number of benzene rings is 1. The summed E-state index contributed by atoms with van der Waals surface area (Å²) in [6, 6.07) is 5.73. The molecule has 41 heavy (non-hydrogen) atoms. The van der Waals surface area contributed by atoms with E-state index in [1.165, 1.54) is 35.6 Å². The van der Waals surface area contributed by atoms with Gasteiger partial charge in [0.2, 0.25) is 12.4 Å². The Kier molecular flexibility index (Phi) is 7.94. The van der Waals surface area contributed by atoms with Crippen molar-refractivity contribution in [2.24, 2.45) is 5.92 Å². The van der Waals surface area contributed by atoms with Crippen LogP contribution in [-0.2, 0) is 0 Å². The third kappa shape index (κ3) is 6.31. The lowest BCUT2D eigenvalue weighted by Crippen LogP contribution is -2.36. The molecule has 1 saturated carbocycles. The van der Waals surface area contributed by atoms with E-state index < -0.39 is 43.0 Å². The summed E-state index contributed by atoms with van der Waals surface area (Å²) in [6.07, 6.45) is -7.67. The third-order valence-electron chi connectivity index (χ3n) is 6.83. The lowest BCUT2D eigenvalue weighted by molar-refractivity contribution is -0.274. The van der Waals surface area contributed by atoms with Gasteiger partial charge in [-0.05, 0) is 44.0 Å². The fourth-order valence-corrected chi connectivity index (χ4v) is 5.79. The predicted molar refractivity (Wildman–Crippen MR) is 142 cm³/mol. The maximum atomic E-state index is 13.5. The Morgan fingerprint density at radius 2 is 1.78 bits per heavy atom. The molecule has 0 saturated heterocycles. The van der Waals surface area contributed by atoms with Crippen molar-refractivity contribution in [2.75, 3.05) is 10.6 Å². The first kappa shape index (κ1) is 28.8. The van der Waals surface area contributed by atoms with Gasteiger partial charge in [0, 0.05) is 6.20 Å². The number of nitrogens with zero attached hydrogens (tertiary/aromatic N) is 4. The highest BCUT2D eigenvalue weighted by molar-refractivity contribution is 7.21. The number of hydrogen-bond donors (Lipinski definition) is 4. The van der Waals surface area contributed by atoms with Gasteiger partial charge in [0.25, 0.3) is 0 Å².